The number of fused-ring (bicyclic) bond motifs is 1. The summed E-state index contributed by atoms with van der Waals surface area (Å²) in [5, 5.41) is 1.48. The van der Waals surface area contributed by atoms with Crippen molar-refractivity contribution in [3.63, 3.8) is 0 Å². The van der Waals surface area contributed by atoms with E-state index in [1.54, 1.807) is 18.4 Å². The van der Waals surface area contributed by atoms with Gasteiger partial charge in [0.25, 0.3) is 5.91 Å². The average molecular weight is 481 g/mol. The molecule has 1 amide bonds. The average Bonchev–Trinajstić information content (AvgIpc) is 3.39. The number of aromatic nitrogens is 3. The number of piperidine rings is 1. The number of carbonyl (C=O) groups is 1. The largest absolute Gasteiger partial charge is 0.497 e. The van der Waals surface area contributed by atoms with Gasteiger partial charge in [0.05, 0.1) is 22.7 Å². The first kappa shape index (κ1) is 21.9. The maximum Gasteiger partial charge on any atom is 0.274 e. The van der Waals surface area contributed by atoms with Gasteiger partial charge in [-0.3, -0.25) is 9.20 Å². The van der Waals surface area contributed by atoms with Gasteiger partial charge in [-0.1, -0.05) is 41.9 Å². The van der Waals surface area contributed by atoms with Crippen molar-refractivity contribution in [1.82, 2.24) is 19.3 Å². The predicted octanol–water partition coefficient (Wildman–Crippen LogP) is 5.67. The molecule has 6 nitrogen and oxygen atoms in total. The first-order valence-corrected chi connectivity index (χ1v) is 12.3. The monoisotopic (exact) mass is 480 g/mol. The second-order valence-corrected chi connectivity index (χ2v) is 9.83. The number of hydrogen-bond acceptors (Lipinski definition) is 5. The second kappa shape index (κ2) is 9.15. The van der Waals surface area contributed by atoms with E-state index in [2.05, 4.69) is 4.98 Å². The van der Waals surface area contributed by atoms with E-state index >= 15 is 0 Å². The Morgan fingerprint density at radius 2 is 2.03 bits per heavy atom. The van der Waals surface area contributed by atoms with Gasteiger partial charge >= 0.3 is 0 Å². The van der Waals surface area contributed by atoms with Crippen molar-refractivity contribution < 1.29 is 9.53 Å². The topological polar surface area (TPSA) is 59.7 Å². The van der Waals surface area contributed by atoms with Gasteiger partial charge in [-0.25, -0.2) is 9.97 Å². The number of aryl methyl sites for hydroxylation is 1. The molecule has 1 aliphatic heterocycles. The van der Waals surface area contributed by atoms with Crippen LogP contribution in [0.3, 0.4) is 0 Å². The molecule has 0 spiro atoms. The van der Waals surface area contributed by atoms with Gasteiger partial charge in [-0.2, -0.15) is 0 Å². The molecule has 0 saturated carbocycles. The molecular weight excluding hydrogens is 456 g/mol. The van der Waals surface area contributed by atoms with Gasteiger partial charge in [0.1, 0.15) is 22.2 Å². The van der Waals surface area contributed by atoms with Crippen molar-refractivity contribution >= 4 is 34.5 Å². The SMILES string of the molecule is COc1ccn2c(Cl)c(C[C@@H]3CCCCN3C(=O)c3nc(C)sc3-c3ccccc3)nc2c1. The third-order valence-corrected chi connectivity index (χ3v) is 7.55. The lowest BCUT2D eigenvalue weighted by Gasteiger charge is -2.35. The Bertz CT molecular complexity index is 1300. The van der Waals surface area contributed by atoms with Crippen LogP contribution in [0.4, 0.5) is 0 Å². The molecule has 4 aromatic rings. The number of methoxy groups -OCH3 is 1. The third kappa shape index (κ3) is 4.23. The Kier molecular flexibility index (Phi) is 6.08. The molecule has 170 valence electrons. The van der Waals surface area contributed by atoms with Crippen LogP contribution in [0, 0.1) is 6.92 Å². The Morgan fingerprint density at radius 1 is 1.21 bits per heavy atom. The van der Waals surface area contributed by atoms with Crippen LogP contribution in [-0.4, -0.2) is 44.9 Å². The molecule has 3 aromatic heterocycles. The number of imidazole rings is 1. The lowest BCUT2D eigenvalue weighted by molar-refractivity contribution is 0.0608. The number of halogens is 1. The lowest BCUT2D eigenvalue weighted by Crippen LogP contribution is -2.45. The molecule has 4 heterocycles. The number of pyridine rings is 1. The van der Waals surface area contributed by atoms with Crippen LogP contribution < -0.4 is 4.74 Å². The molecule has 0 aliphatic carbocycles. The minimum Gasteiger partial charge on any atom is -0.497 e. The van der Waals surface area contributed by atoms with Crippen molar-refractivity contribution in [3.8, 4) is 16.2 Å². The van der Waals surface area contributed by atoms with Crippen LogP contribution in [0.2, 0.25) is 5.15 Å². The van der Waals surface area contributed by atoms with E-state index in [4.69, 9.17) is 21.3 Å². The van der Waals surface area contributed by atoms with Crippen molar-refractivity contribution in [2.45, 2.75) is 38.6 Å². The fourth-order valence-electron chi connectivity index (χ4n) is 4.50. The Balaban J connectivity index is 1.45. The lowest BCUT2D eigenvalue weighted by atomic mass is 9.97. The fourth-order valence-corrected chi connectivity index (χ4v) is 5.68. The molecule has 1 aromatic carbocycles. The molecule has 0 radical (unpaired) electrons. The number of hydrogen-bond donors (Lipinski definition) is 0. The van der Waals surface area contributed by atoms with Gasteiger partial charge in [0.2, 0.25) is 0 Å². The zero-order valence-electron chi connectivity index (χ0n) is 18.6. The van der Waals surface area contributed by atoms with E-state index in [1.165, 1.54) is 0 Å². The summed E-state index contributed by atoms with van der Waals surface area (Å²) < 4.78 is 7.17. The standard InChI is InChI=1S/C25H25ClN4O2S/c1-16-27-22(23(33-16)17-8-4-3-5-9-17)25(31)29-12-7-6-10-18(29)14-20-24(26)30-13-11-19(32-2)15-21(30)28-20/h3-5,8-9,11,13,15,18H,6-7,10,12,14H2,1-2H3/t18-/m0/s1. The maximum atomic E-state index is 13.7. The highest BCUT2D eigenvalue weighted by Gasteiger charge is 2.32. The summed E-state index contributed by atoms with van der Waals surface area (Å²) in [6.07, 6.45) is 5.46. The van der Waals surface area contributed by atoms with E-state index in [0.717, 1.165) is 51.8 Å². The number of likely N-dealkylation sites (tertiary alicyclic amines) is 1. The van der Waals surface area contributed by atoms with E-state index in [1.807, 2.05) is 64.9 Å². The minimum absolute atomic E-state index is 0.00976. The Labute approximate surface area is 201 Å². The smallest absolute Gasteiger partial charge is 0.274 e. The van der Waals surface area contributed by atoms with Crippen LogP contribution in [0.15, 0.2) is 48.7 Å². The summed E-state index contributed by atoms with van der Waals surface area (Å²) in [5.74, 6) is 0.724. The van der Waals surface area contributed by atoms with Gasteiger partial charge in [0.15, 0.2) is 0 Å². The number of amides is 1. The molecule has 0 unspecified atom stereocenters. The van der Waals surface area contributed by atoms with Crippen molar-refractivity contribution in [2.75, 3.05) is 13.7 Å². The highest BCUT2D eigenvalue weighted by atomic mass is 35.5. The van der Waals surface area contributed by atoms with E-state index in [9.17, 15) is 4.79 Å². The van der Waals surface area contributed by atoms with Gasteiger partial charge < -0.3 is 9.64 Å². The van der Waals surface area contributed by atoms with E-state index < -0.39 is 0 Å². The molecule has 1 fully saturated rings. The Hall–Kier alpha value is -2.90. The molecule has 1 atom stereocenters. The van der Waals surface area contributed by atoms with E-state index in [0.29, 0.717) is 23.8 Å². The molecule has 1 aliphatic rings. The van der Waals surface area contributed by atoms with Crippen LogP contribution in [-0.2, 0) is 6.42 Å². The Morgan fingerprint density at radius 3 is 2.82 bits per heavy atom. The summed E-state index contributed by atoms with van der Waals surface area (Å²) >= 11 is 8.24. The van der Waals surface area contributed by atoms with Gasteiger partial charge in [-0.05, 0) is 37.8 Å². The first-order chi connectivity index (χ1) is 16.0. The molecule has 5 rings (SSSR count). The number of nitrogens with zero attached hydrogens (tertiary/aromatic N) is 4. The van der Waals surface area contributed by atoms with Crippen LogP contribution in [0.1, 0.15) is 40.5 Å². The minimum atomic E-state index is -0.00976. The molecule has 1 saturated heterocycles. The number of benzene rings is 1. The summed E-state index contributed by atoms with van der Waals surface area (Å²) in [6, 6.07) is 13.8. The van der Waals surface area contributed by atoms with Crippen LogP contribution >= 0.6 is 22.9 Å². The first-order valence-electron chi connectivity index (χ1n) is 11.1. The molecule has 0 bridgehead atoms. The maximum absolute atomic E-state index is 13.7. The summed E-state index contributed by atoms with van der Waals surface area (Å²) in [4.78, 5) is 26.0. The van der Waals surface area contributed by atoms with Crippen molar-refractivity contribution in [1.29, 1.82) is 0 Å². The van der Waals surface area contributed by atoms with Crippen molar-refractivity contribution in [3.05, 3.63) is 70.2 Å². The highest BCUT2D eigenvalue weighted by Crippen LogP contribution is 2.33. The second-order valence-electron chi connectivity index (χ2n) is 8.27. The predicted molar refractivity (Wildman–Crippen MR) is 131 cm³/mol. The van der Waals surface area contributed by atoms with Gasteiger partial charge in [0, 0.05) is 31.3 Å². The summed E-state index contributed by atoms with van der Waals surface area (Å²) in [7, 11) is 1.63. The van der Waals surface area contributed by atoms with Crippen molar-refractivity contribution in [2.24, 2.45) is 0 Å². The van der Waals surface area contributed by atoms with Crippen LogP contribution in [0.25, 0.3) is 16.1 Å². The molecule has 0 N–H and O–H groups in total. The number of carbonyl (C=O) groups excluding carboxylic acids is 1. The van der Waals surface area contributed by atoms with Crippen LogP contribution in [0.5, 0.6) is 5.75 Å². The zero-order valence-corrected chi connectivity index (χ0v) is 20.2. The highest BCUT2D eigenvalue weighted by molar-refractivity contribution is 7.15. The fraction of sp³-hybridized carbons (Fsp3) is 0.320. The zero-order chi connectivity index (χ0) is 22.9. The third-order valence-electron chi connectivity index (χ3n) is 6.13. The molecule has 33 heavy (non-hydrogen) atoms. The number of rotatable bonds is 5. The molecular formula is C25H25ClN4O2S. The number of ether oxygens (including phenoxy) is 1. The van der Waals surface area contributed by atoms with Gasteiger partial charge in [-0.15, -0.1) is 11.3 Å². The normalized spacial score (nSPS) is 16.3. The summed E-state index contributed by atoms with van der Waals surface area (Å²) in [5.41, 5.74) is 3.11. The quantitative estimate of drug-likeness (QED) is 0.369. The summed E-state index contributed by atoms with van der Waals surface area (Å²) in [6.45, 7) is 2.67. The van der Waals surface area contributed by atoms with E-state index in [-0.39, 0.29) is 11.9 Å². The number of thiazole rings is 1. The molecule has 8 heteroatoms.